The van der Waals surface area contributed by atoms with Crippen LogP contribution in [0.4, 0.5) is 0 Å². The molecule has 0 radical (unpaired) electrons. The van der Waals surface area contributed by atoms with E-state index in [1.54, 1.807) is 36.4 Å². The van der Waals surface area contributed by atoms with E-state index < -0.39 is 36.0 Å². The molecule has 0 amide bonds. The van der Waals surface area contributed by atoms with Crippen LogP contribution in [0, 0.1) is 11.8 Å². The smallest absolute Gasteiger partial charge is 0.330 e. The molecule has 51 heavy (non-hydrogen) atoms. The Bertz CT molecular complexity index is 1670. The van der Waals surface area contributed by atoms with Gasteiger partial charge in [-0.15, -0.1) is 0 Å². The molecule has 1 heterocycles. The van der Waals surface area contributed by atoms with Crippen molar-refractivity contribution in [3.63, 3.8) is 0 Å². The number of carbonyl (C=O) groups excluding carboxylic acids is 2. The lowest BCUT2D eigenvalue weighted by Gasteiger charge is -2.24. The number of aromatic hydroxyl groups is 2. The molecule has 0 aromatic heterocycles. The normalized spacial score (nSPS) is 18.4. The summed E-state index contributed by atoms with van der Waals surface area (Å²) < 4.78 is 40.1. The van der Waals surface area contributed by atoms with Gasteiger partial charge in [-0.3, -0.25) is 0 Å². The van der Waals surface area contributed by atoms with Gasteiger partial charge in [-0.2, -0.15) is 0 Å². The minimum absolute atomic E-state index is 0.139. The Balaban J connectivity index is 1.54. The lowest BCUT2D eigenvalue weighted by Crippen LogP contribution is -2.27. The fraction of sp³-hybridized carbons (Fsp3) is 0.250. The first-order valence-corrected chi connectivity index (χ1v) is 16.1. The van der Waals surface area contributed by atoms with Gasteiger partial charge in [0.15, 0.2) is 23.0 Å². The zero-order valence-electron chi connectivity index (χ0n) is 28.7. The average Bonchev–Trinajstić information content (AvgIpc) is 3.53. The summed E-state index contributed by atoms with van der Waals surface area (Å²) in [6, 6.07) is 25.1. The third-order valence-corrected chi connectivity index (χ3v) is 8.54. The summed E-state index contributed by atoms with van der Waals surface area (Å²) in [5.74, 6) is -2.24. The van der Waals surface area contributed by atoms with Gasteiger partial charge in [0.25, 0.3) is 0 Å². The van der Waals surface area contributed by atoms with Crippen LogP contribution in [-0.4, -0.2) is 63.8 Å². The SMILES string of the molecule is COc1cc([C@@H]2O[C@@H](c3cc(OC)c(O)c(OC)c3)[C@H](COC(=O)/C=C/c3ccccc3)[C@H]2COC(=O)/C=C/c2ccccc2)cc(OC)c1O. The second-order valence-corrected chi connectivity index (χ2v) is 11.6. The van der Waals surface area contributed by atoms with Gasteiger partial charge in [-0.25, -0.2) is 9.59 Å². The lowest BCUT2D eigenvalue weighted by atomic mass is 9.83. The Kier molecular flexibility index (Phi) is 12.2. The van der Waals surface area contributed by atoms with Crippen molar-refractivity contribution in [2.45, 2.75) is 12.2 Å². The largest absolute Gasteiger partial charge is 0.502 e. The first-order valence-electron chi connectivity index (χ1n) is 16.1. The van der Waals surface area contributed by atoms with Crippen LogP contribution in [0.1, 0.15) is 34.5 Å². The fourth-order valence-corrected chi connectivity index (χ4v) is 5.95. The maximum Gasteiger partial charge on any atom is 0.330 e. The van der Waals surface area contributed by atoms with Crippen molar-refractivity contribution < 1.29 is 53.0 Å². The van der Waals surface area contributed by atoms with Crippen LogP contribution in [0.5, 0.6) is 34.5 Å². The molecule has 1 aliphatic heterocycles. The second-order valence-electron chi connectivity index (χ2n) is 11.6. The third kappa shape index (κ3) is 8.81. The van der Waals surface area contributed by atoms with Crippen molar-refractivity contribution in [2.75, 3.05) is 41.7 Å². The summed E-state index contributed by atoms with van der Waals surface area (Å²) in [6.07, 6.45) is 4.39. The number of hydrogen-bond donors (Lipinski definition) is 2. The Labute approximate surface area is 296 Å². The maximum atomic E-state index is 13.0. The minimum Gasteiger partial charge on any atom is -0.502 e. The zero-order chi connectivity index (χ0) is 36.3. The van der Waals surface area contributed by atoms with Gasteiger partial charge >= 0.3 is 11.9 Å². The molecule has 0 spiro atoms. The van der Waals surface area contributed by atoms with Gasteiger partial charge in [0.05, 0.1) is 53.9 Å². The van der Waals surface area contributed by atoms with Gasteiger partial charge in [0, 0.05) is 24.0 Å². The Morgan fingerprint density at radius 1 is 0.588 bits per heavy atom. The number of hydrogen-bond acceptors (Lipinski definition) is 11. The first kappa shape index (κ1) is 36.3. The van der Waals surface area contributed by atoms with E-state index in [-0.39, 0.29) is 47.7 Å². The topological polar surface area (TPSA) is 139 Å². The monoisotopic (exact) mass is 696 g/mol. The van der Waals surface area contributed by atoms with E-state index in [1.807, 2.05) is 60.7 Å². The maximum absolute atomic E-state index is 13.0. The van der Waals surface area contributed by atoms with Gasteiger partial charge in [0.1, 0.15) is 0 Å². The molecular formula is C40H40O11. The minimum atomic E-state index is -0.793. The fourth-order valence-electron chi connectivity index (χ4n) is 5.95. The molecule has 4 aromatic rings. The van der Waals surface area contributed by atoms with Gasteiger partial charge in [-0.05, 0) is 58.7 Å². The van der Waals surface area contributed by atoms with Crippen molar-refractivity contribution >= 4 is 24.1 Å². The summed E-state index contributed by atoms with van der Waals surface area (Å²) in [5, 5.41) is 21.3. The molecule has 1 saturated heterocycles. The van der Waals surface area contributed by atoms with E-state index >= 15 is 0 Å². The highest BCUT2D eigenvalue weighted by Gasteiger charge is 2.48. The van der Waals surface area contributed by atoms with Crippen LogP contribution in [-0.2, 0) is 23.8 Å². The van der Waals surface area contributed by atoms with Crippen LogP contribution < -0.4 is 18.9 Å². The molecule has 0 unspecified atom stereocenters. The van der Waals surface area contributed by atoms with E-state index in [1.165, 1.54) is 40.6 Å². The molecule has 0 saturated carbocycles. The molecule has 11 heteroatoms. The molecule has 5 rings (SSSR count). The van der Waals surface area contributed by atoms with Crippen molar-refractivity contribution in [1.82, 2.24) is 0 Å². The summed E-state index contributed by atoms with van der Waals surface area (Å²) in [4.78, 5) is 26.1. The number of methoxy groups -OCH3 is 4. The van der Waals surface area contributed by atoms with Crippen LogP contribution in [0.25, 0.3) is 12.2 Å². The molecule has 11 nitrogen and oxygen atoms in total. The molecular weight excluding hydrogens is 656 g/mol. The van der Waals surface area contributed by atoms with Crippen molar-refractivity contribution in [3.05, 3.63) is 119 Å². The number of rotatable bonds is 14. The number of ether oxygens (including phenoxy) is 7. The van der Waals surface area contributed by atoms with Crippen LogP contribution >= 0.6 is 0 Å². The van der Waals surface area contributed by atoms with Crippen LogP contribution in [0.3, 0.4) is 0 Å². The predicted octanol–water partition coefficient (Wildman–Crippen LogP) is 6.69. The predicted molar refractivity (Wildman–Crippen MR) is 189 cm³/mol. The highest BCUT2D eigenvalue weighted by atomic mass is 16.6. The summed E-state index contributed by atoms with van der Waals surface area (Å²) in [7, 11) is 5.65. The molecule has 0 bridgehead atoms. The van der Waals surface area contributed by atoms with E-state index in [4.69, 9.17) is 33.2 Å². The van der Waals surface area contributed by atoms with E-state index in [9.17, 15) is 19.8 Å². The van der Waals surface area contributed by atoms with Crippen LogP contribution in [0.2, 0.25) is 0 Å². The Morgan fingerprint density at radius 2 is 0.922 bits per heavy atom. The Morgan fingerprint density at radius 3 is 1.24 bits per heavy atom. The summed E-state index contributed by atoms with van der Waals surface area (Å²) in [6.45, 7) is -0.280. The number of carbonyl (C=O) groups is 2. The van der Waals surface area contributed by atoms with Gasteiger partial charge in [0.2, 0.25) is 11.5 Å². The average molecular weight is 697 g/mol. The second kappa shape index (κ2) is 17.1. The van der Waals surface area contributed by atoms with Gasteiger partial charge < -0.3 is 43.4 Å². The van der Waals surface area contributed by atoms with Crippen molar-refractivity contribution in [2.24, 2.45) is 11.8 Å². The van der Waals surface area contributed by atoms with Crippen molar-refractivity contribution in [3.8, 4) is 34.5 Å². The standard InChI is InChI=1S/C40H40O11/c1-45-31-19-27(20-32(46-2)37(31)43)39-29(23-49-35(41)17-15-25-11-7-5-8-12-25)30(24-50-36(42)18-16-26-13-9-6-10-14-26)40(51-39)28-21-33(47-3)38(44)34(22-28)48-4/h5-22,29-30,39-40,43-44H,23-24H2,1-4H3/b17-15+,18-16+/t29-,30-,39+,40+/m1/s1. The molecule has 0 aliphatic carbocycles. The Hall–Kier alpha value is -5.94. The zero-order valence-corrected chi connectivity index (χ0v) is 28.7. The number of benzene rings is 4. The van der Waals surface area contributed by atoms with Gasteiger partial charge in [-0.1, -0.05) is 60.7 Å². The highest BCUT2D eigenvalue weighted by molar-refractivity contribution is 5.87. The first-order chi connectivity index (χ1) is 24.8. The highest BCUT2D eigenvalue weighted by Crippen LogP contribution is 2.53. The quantitative estimate of drug-likeness (QED) is 0.108. The molecule has 2 N–H and O–H groups in total. The third-order valence-electron chi connectivity index (χ3n) is 8.54. The lowest BCUT2D eigenvalue weighted by molar-refractivity contribution is -0.143. The van der Waals surface area contributed by atoms with E-state index in [2.05, 4.69) is 0 Å². The number of phenols is 2. The molecule has 1 aliphatic rings. The summed E-state index contributed by atoms with van der Waals surface area (Å²) >= 11 is 0. The van der Waals surface area contributed by atoms with Crippen molar-refractivity contribution in [1.29, 1.82) is 0 Å². The molecule has 266 valence electrons. The summed E-state index contributed by atoms with van der Waals surface area (Å²) in [5.41, 5.74) is 2.73. The van der Waals surface area contributed by atoms with E-state index in [0.717, 1.165) is 11.1 Å². The number of phenolic OH excluding ortho intramolecular Hbond substituents is 2. The number of esters is 2. The molecule has 1 fully saturated rings. The molecule has 4 atom stereocenters. The van der Waals surface area contributed by atoms with E-state index in [0.29, 0.717) is 11.1 Å². The molecule has 4 aromatic carbocycles. The van der Waals surface area contributed by atoms with Crippen LogP contribution in [0.15, 0.2) is 97.1 Å².